The number of nitrogens with zero attached hydrogens (tertiary/aromatic N) is 3. The minimum atomic E-state index is -0.486. The lowest BCUT2D eigenvalue weighted by molar-refractivity contribution is 1.18. The molecule has 0 aliphatic carbocycles. The van der Waals surface area contributed by atoms with Crippen molar-refractivity contribution in [2.75, 3.05) is 0 Å². The van der Waals surface area contributed by atoms with Gasteiger partial charge in [0.1, 0.15) is 0 Å². The van der Waals surface area contributed by atoms with E-state index < -0.39 is 42.3 Å². The van der Waals surface area contributed by atoms with Crippen LogP contribution in [0.3, 0.4) is 0 Å². The Labute approximate surface area is 361 Å². The van der Waals surface area contributed by atoms with E-state index in [1.807, 2.05) is 84.9 Å². The van der Waals surface area contributed by atoms with Crippen LogP contribution in [0.2, 0.25) is 0 Å². The van der Waals surface area contributed by atoms with Crippen LogP contribution in [-0.2, 0) is 0 Å². The molecule has 0 radical (unpaired) electrons. The van der Waals surface area contributed by atoms with E-state index in [1.54, 1.807) is 24.3 Å². The van der Waals surface area contributed by atoms with Crippen molar-refractivity contribution in [2.45, 2.75) is 0 Å². The summed E-state index contributed by atoms with van der Waals surface area (Å²) in [7, 11) is 0. The second kappa shape index (κ2) is 14.6. The molecule has 2 heterocycles. The van der Waals surface area contributed by atoms with Crippen LogP contribution in [0.25, 0.3) is 106 Å². The molecule has 3 nitrogen and oxygen atoms in total. The van der Waals surface area contributed by atoms with Crippen molar-refractivity contribution in [3.63, 3.8) is 0 Å². The van der Waals surface area contributed by atoms with E-state index in [9.17, 15) is 0 Å². The summed E-state index contributed by atoms with van der Waals surface area (Å²) in [4.78, 5) is 10.1. The van der Waals surface area contributed by atoms with Crippen LogP contribution >= 0.6 is 0 Å². The summed E-state index contributed by atoms with van der Waals surface area (Å²) in [5.41, 5.74) is 8.73. The summed E-state index contributed by atoms with van der Waals surface area (Å²) < 4.78 is 112. The van der Waals surface area contributed by atoms with Gasteiger partial charge in [-0.15, -0.1) is 0 Å². The molecular formula is C56H37N3. The van der Waals surface area contributed by atoms with E-state index in [0.29, 0.717) is 28.5 Å². The zero-order chi connectivity index (χ0) is 50.4. The molecule has 3 heteroatoms. The van der Waals surface area contributed by atoms with Gasteiger partial charge in [-0.25, -0.2) is 9.97 Å². The third kappa shape index (κ3) is 6.26. The molecule has 11 rings (SSSR count). The molecule has 11 aromatic rings. The molecule has 0 unspecified atom stereocenters. The highest BCUT2D eigenvalue weighted by Gasteiger charge is 2.16. The SMILES string of the molecule is [2H]c1c([2H])c([2H])c(-c2ccc(-c3cc(-c4ccc(-c5ccc(-c6ccc(-n7c8c([2H])c([2H])c([2H])c([2H])c8c8c([2H])c([2H])c([2H])c([2H])c87)cc6)cc5)c5ccccc45)nc(-c4ccccc4)n3)cc2)c([2H])c1[2H]. The molecule has 0 N–H and O–H groups in total. The summed E-state index contributed by atoms with van der Waals surface area (Å²) in [5, 5.41) is 2.03. The van der Waals surface area contributed by atoms with Gasteiger partial charge < -0.3 is 4.57 Å². The summed E-state index contributed by atoms with van der Waals surface area (Å²) in [5.74, 6) is 0.519. The van der Waals surface area contributed by atoms with Crippen LogP contribution in [0.4, 0.5) is 0 Å². The molecule has 0 saturated heterocycles. The number of hydrogen-bond donors (Lipinski definition) is 0. The van der Waals surface area contributed by atoms with Gasteiger partial charge in [0.15, 0.2) is 5.82 Å². The standard InChI is InChI=1S/C56H37N3/c1-3-13-38(14-4-1)39-25-29-43(30-26-39)52-37-53(58-56(57-52)44-15-5-2-6-16-44)49-36-35-46(47-17-7-8-18-48(47)49)42-27-23-40(24-28-42)41-31-33-45(34-32-41)59-54-21-11-9-19-50(54)51-20-10-12-22-55(51)59/h1-37H/i1D,3D,4D,9D,10D,11D,12D,13D,14D,19D,20D,21D,22D. The quantitative estimate of drug-likeness (QED) is 0.162. The van der Waals surface area contributed by atoms with Crippen LogP contribution in [0.15, 0.2) is 224 Å². The maximum atomic E-state index is 8.85. The highest BCUT2D eigenvalue weighted by molar-refractivity contribution is 6.09. The molecule has 0 aliphatic rings. The number of aromatic nitrogens is 3. The van der Waals surface area contributed by atoms with Gasteiger partial charge in [-0.3, -0.25) is 0 Å². The Morgan fingerprint density at radius 2 is 0.831 bits per heavy atom. The highest BCUT2D eigenvalue weighted by atomic mass is 15.0. The third-order valence-corrected chi connectivity index (χ3v) is 10.6. The Bertz CT molecular complexity index is 3940. The van der Waals surface area contributed by atoms with Crippen molar-refractivity contribution < 1.29 is 17.8 Å². The molecule has 0 saturated carbocycles. The average Bonchev–Trinajstić information content (AvgIpc) is 3.78. The fraction of sp³-hybridized carbons (Fsp3) is 0. The molecule has 0 aliphatic heterocycles. The van der Waals surface area contributed by atoms with Crippen molar-refractivity contribution in [2.24, 2.45) is 0 Å². The minimum absolute atomic E-state index is 0.0303. The first kappa shape index (κ1) is 23.4. The first-order valence-corrected chi connectivity index (χ1v) is 19.0. The largest absolute Gasteiger partial charge is 0.309 e. The first-order chi connectivity index (χ1) is 34.6. The molecule has 0 spiro atoms. The Hall–Kier alpha value is -7.88. The van der Waals surface area contributed by atoms with Gasteiger partial charge in [-0.1, -0.05) is 194 Å². The van der Waals surface area contributed by atoms with E-state index in [1.165, 1.54) is 4.57 Å². The second-order valence-electron chi connectivity index (χ2n) is 14.0. The molecule has 9 aromatic carbocycles. The number of para-hydroxylation sites is 2. The average molecular weight is 765 g/mol. The number of benzene rings is 9. The lowest BCUT2D eigenvalue weighted by Crippen LogP contribution is -1.97. The van der Waals surface area contributed by atoms with Crippen LogP contribution in [0, 0.1) is 0 Å². The summed E-state index contributed by atoms with van der Waals surface area (Å²) in [6.07, 6.45) is 0. The highest BCUT2D eigenvalue weighted by Crippen LogP contribution is 2.38. The van der Waals surface area contributed by atoms with Crippen molar-refractivity contribution in [3.05, 3.63) is 224 Å². The topological polar surface area (TPSA) is 30.7 Å². The monoisotopic (exact) mass is 764 g/mol. The number of hydrogen-bond acceptors (Lipinski definition) is 2. The zero-order valence-corrected chi connectivity index (χ0v) is 31.2. The van der Waals surface area contributed by atoms with Gasteiger partial charge >= 0.3 is 0 Å². The molecule has 2 aromatic heterocycles. The predicted octanol–water partition coefficient (Wildman–Crippen LogP) is 14.7. The second-order valence-corrected chi connectivity index (χ2v) is 14.0. The van der Waals surface area contributed by atoms with Gasteiger partial charge in [0.2, 0.25) is 0 Å². The van der Waals surface area contributed by atoms with Gasteiger partial charge in [0.25, 0.3) is 0 Å². The molecule has 0 fully saturated rings. The van der Waals surface area contributed by atoms with Crippen LogP contribution < -0.4 is 0 Å². The van der Waals surface area contributed by atoms with Crippen LogP contribution in [-0.4, -0.2) is 14.5 Å². The Balaban J connectivity index is 0.954. The maximum Gasteiger partial charge on any atom is 0.160 e. The summed E-state index contributed by atoms with van der Waals surface area (Å²) in [6.45, 7) is 0. The molecule has 59 heavy (non-hydrogen) atoms. The Morgan fingerprint density at radius 1 is 0.339 bits per heavy atom. The van der Waals surface area contributed by atoms with Crippen LogP contribution in [0.5, 0.6) is 0 Å². The van der Waals surface area contributed by atoms with Gasteiger partial charge in [0.05, 0.1) is 40.2 Å². The Morgan fingerprint density at radius 3 is 1.49 bits per heavy atom. The lowest BCUT2D eigenvalue weighted by atomic mass is 9.92. The fourth-order valence-corrected chi connectivity index (χ4v) is 7.75. The molecule has 0 atom stereocenters. The third-order valence-electron chi connectivity index (χ3n) is 10.6. The number of rotatable bonds is 7. The van der Waals surface area contributed by atoms with Crippen molar-refractivity contribution in [3.8, 4) is 73.0 Å². The lowest BCUT2D eigenvalue weighted by Gasteiger charge is -2.14. The zero-order valence-electron chi connectivity index (χ0n) is 44.2. The van der Waals surface area contributed by atoms with E-state index >= 15 is 0 Å². The van der Waals surface area contributed by atoms with Crippen molar-refractivity contribution >= 4 is 32.6 Å². The molecular weight excluding hydrogens is 715 g/mol. The summed E-state index contributed by atoms with van der Waals surface area (Å²) >= 11 is 0. The first-order valence-electron chi connectivity index (χ1n) is 25.5. The van der Waals surface area contributed by atoms with E-state index in [0.717, 1.165) is 49.7 Å². The van der Waals surface area contributed by atoms with Gasteiger partial charge in [-0.05, 0) is 74.4 Å². The molecule has 276 valence electrons. The van der Waals surface area contributed by atoms with Gasteiger partial charge in [-0.2, -0.15) is 0 Å². The van der Waals surface area contributed by atoms with E-state index in [2.05, 4.69) is 36.4 Å². The van der Waals surface area contributed by atoms with Crippen molar-refractivity contribution in [1.29, 1.82) is 0 Å². The normalized spacial score (nSPS) is 14.5. The predicted molar refractivity (Wildman–Crippen MR) is 246 cm³/mol. The summed E-state index contributed by atoms with van der Waals surface area (Å²) in [6, 6.07) is 41.4. The number of fused-ring (bicyclic) bond motifs is 4. The minimum Gasteiger partial charge on any atom is -0.309 e. The smallest absolute Gasteiger partial charge is 0.160 e. The molecule has 0 bridgehead atoms. The van der Waals surface area contributed by atoms with Crippen LogP contribution in [0.1, 0.15) is 17.8 Å². The Kier molecular flexibility index (Phi) is 5.77. The molecule has 0 amide bonds. The van der Waals surface area contributed by atoms with E-state index in [4.69, 9.17) is 27.8 Å². The fourth-order valence-electron chi connectivity index (χ4n) is 7.75. The maximum absolute atomic E-state index is 8.85. The van der Waals surface area contributed by atoms with E-state index in [-0.39, 0.29) is 63.6 Å². The van der Waals surface area contributed by atoms with Gasteiger partial charge in [0, 0.05) is 33.2 Å². The van der Waals surface area contributed by atoms with Crippen molar-refractivity contribution in [1.82, 2.24) is 14.5 Å².